The van der Waals surface area contributed by atoms with Gasteiger partial charge in [0.2, 0.25) is 0 Å². The molecule has 3 rings (SSSR count). The maximum Gasteiger partial charge on any atom is 0.266 e. The lowest BCUT2D eigenvalue weighted by atomic mass is 10.2. The second-order valence-corrected chi connectivity index (χ2v) is 7.19. The van der Waals surface area contributed by atoms with E-state index in [2.05, 4.69) is 0 Å². The number of hydrogen-bond donors (Lipinski definition) is 0. The van der Waals surface area contributed by atoms with E-state index in [0.29, 0.717) is 42.9 Å². The van der Waals surface area contributed by atoms with E-state index < -0.39 is 0 Å². The molecule has 3 nitrogen and oxygen atoms in total. The molecule has 0 unspecified atom stereocenters. The smallest absolute Gasteiger partial charge is 0.266 e. The van der Waals surface area contributed by atoms with E-state index in [4.69, 9.17) is 39.8 Å². The van der Waals surface area contributed by atoms with Gasteiger partial charge >= 0.3 is 0 Å². The minimum atomic E-state index is -0.0961. The van der Waals surface area contributed by atoms with Crippen molar-refractivity contribution in [3.63, 3.8) is 0 Å². The molecule has 0 radical (unpaired) electrons. The van der Waals surface area contributed by atoms with Gasteiger partial charge in [-0.15, -0.1) is 0 Å². The summed E-state index contributed by atoms with van der Waals surface area (Å²) in [6.45, 7) is 2.45. The third kappa shape index (κ3) is 3.19. The number of likely N-dealkylation sites (N-methyl/N-ethyl adjacent to an activating group) is 1. The van der Waals surface area contributed by atoms with Crippen LogP contribution in [0.4, 0.5) is 0 Å². The predicted octanol–water partition coefficient (Wildman–Crippen LogP) is 5.47. The summed E-state index contributed by atoms with van der Waals surface area (Å²) in [4.78, 5) is 14.3. The fourth-order valence-electron chi connectivity index (χ4n) is 2.17. The van der Waals surface area contributed by atoms with E-state index in [-0.39, 0.29) is 5.91 Å². The van der Waals surface area contributed by atoms with Crippen LogP contribution in [0.15, 0.2) is 39.7 Å². The fraction of sp³-hybridized carbons (Fsp3) is 0.125. The molecule has 0 N–H and O–H groups in total. The van der Waals surface area contributed by atoms with E-state index >= 15 is 0 Å². The molecule has 1 saturated heterocycles. The summed E-state index contributed by atoms with van der Waals surface area (Å²) in [6, 6.07) is 8.92. The molecule has 1 aliphatic heterocycles. The summed E-state index contributed by atoms with van der Waals surface area (Å²) in [5.74, 6) is 1.06. The number of hydrogen-bond acceptors (Lipinski definition) is 4. The van der Waals surface area contributed by atoms with Gasteiger partial charge in [0, 0.05) is 18.2 Å². The van der Waals surface area contributed by atoms with E-state index in [1.165, 1.54) is 11.8 Å². The van der Waals surface area contributed by atoms with E-state index in [0.717, 1.165) is 0 Å². The topological polar surface area (TPSA) is 33.5 Å². The Labute approximate surface area is 153 Å². The Kier molecular flexibility index (Phi) is 4.82. The molecule has 23 heavy (non-hydrogen) atoms. The van der Waals surface area contributed by atoms with Gasteiger partial charge in [-0.3, -0.25) is 9.69 Å². The van der Waals surface area contributed by atoms with Crippen molar-refractivity contribution in [2.24, 2.45) is 0 Å². The molecule has 0 atom stereocenters. The molecule has 1 aliphatic rings. The zero-order valence-electron chi connectivity index (χ0n) is 12.0. The van der Waals surface area contributed by atoms with Crippen molar-refractivity contribution >= 4 is 63.5 Å². The van der Waals surface area contributed by atoms with Crippen molar-refractivity contribution < 1.29 is 9.21 Å². The first kappa shape index (κ1) is 16.6. The Hall–Kier alpha value is -1.27. The lowest BCUT2D eigenvalue weighted by molar-refractivity contribution is -0.121. The maximum atomic E-state index is 12.2. The van der Waals surface area contributed by atoms with Crippen molar-refractivity contribution in [1.29, 1.82) is 0 Å². The van der Waals surface area contributed by atoms with Gasteiger partial charge in [0.15, 0.2) is 0 Å². The summed E-state index contributed by atoms with van der Waals surface area (Å²) < 4.78 is 6.34. The first-order valence-corrected chi connectivity index (χ1v) is 8.79. The quantitative estimate of drug-likeness (QED) is 0.519. The highest BCUT2D eigenvalue weighted by Gasteiger charge is 2.30. The first-order chi connectivity index (χ1) is 11.0. The summed E-state index contributed by atoms with van der Waals surface area (Å²) in [6.07, 6.45) is 1.69. The van der Waals surface area contributed by atoms with Crippen LogP contribution in [0.1, 0.15) is 12.7 Å². The molecular weight excluding hydrogens is 373 g/mol. The van der Waals surface area contributed by atoms with Crippen LogP contribution < -0.4 is 0 Å². The summed E-state index contributed by atoms with van der Waals surface area (Å²) in [7, 11) is 0. The van der Waals surface area contributed by atoms with Gasteiger partial charge in [-0.1, -0.05) is 53.2 Å². The minimum absolute atomic E-state index is 0.0961. The normalized spacial score (nSPS) is 16.7. The van der Waals surface area contributed by atoms with Crippen molar-refractivity contribution in [2.45, 2.75) is 6.92 Å². The molecule has 7 heteroatoms. The third-order valence-corrected chi connectivity index (χ3v) is 5.50. The van der Waals surface area contributed by atoms with Crippen molar-refractivity contribution in [3.8, 4) is 11.3 Å². The molecular formula is C16H11Cl2NO2S2. The number of halogens is 2. The van der Waals surface area contributed by atoms with Crippen molar-refractivity contribution in [1.82, 2.24) is 4.90 Å². The van der Waals surface area contributed by atoms with Crippen LogP contribution >= 0.6 is 47.2 Å². The zero-order chi connectivity index (χ0) is 16.6. The summed E-state index contributed by atoms with van der Waals surface area (Å²) in [5, 5.41) is 0.901. The highest BCUT2D eigenvalue weighted by molar-refractivity contribution is 8.26. The van der Waals surface area contributed by atoms with Crippen LogP contribution in [-0.4, -0.2) is 21.7 Å². The number of thiocarbonyl (C=S) groups is 1. The van der Waals surface area contributed by atoms with Gasteiger partial charge in [0.25, 0.3) is 5.91 Å². The Balaban J connectivity index is 1.91. The second kappa shape index (κ2) is 6.69. The van der Waals surface area contributed by atoms with E-state index in [1.54, 1.807) is 35.2 Å². The third-order valence-electron chi connectivity index (χ3n) is 3.31. The van der Waals surface area contributed by atoms with Crippen LogP contribution in [0.5, 0.6) is 0 Å². The number of furan rings is 1. The van der Waals surface area contributed by atoms with E-state index in [1.807, 2.05) is 13.0 Å². The molecule has 2 heterocycles. The highest BCUT2D eigenvalue weighted by Crippen LogP contribution is 2.36. The predicted molar refractivity (Wildman–Crippen MR) is 99.7 cm³/mol. The van der Waals surface area contributed by atoms with Gasteiger partial charge in [-0.2, -0.15) is 0 Å². The Morgan fingerprint density at radius 2 is 2.09 bits per heavy atom. The highest BCUT2D eigenvalue weighted by atomic mass is 35.5. The number of rotatable bonds is 3. The van der Waals surface area contributed by atoms with Crippen LogP contribution in [0, 0.1) is 0 Å². The van der Waals surface area contributed by atoms with Crippen LogP contribution in [0.3, 0.4) is 0 Å². The average molecular weight is 384 g/mol. The molecule has 0 bridgehead atoms. The fourth-order valence-corrected chi connectivity index (χ4v) is 3.93. The minimum Gasteiger partial charge on any atom is -0.457 e. The van der Waals surface area contributed by atoms with Crippen molar-refractivity contribution in [3.05, 3.63) is 51.0 Å². The number of carbonyl (C=O) groups excluding carboxylic acids is 1. The zero-order valence-corrected chi connectivity index (χ0v) is 15.2. The van der Waals surface area contributed by atoms with Gasteiger partial charge in [-0.25, -0.2) is 0 Å². The van der Waals surface area contributed by atoms with Crippen LogP contribution in [-0.2, 0) is 4.79 Å². The molecule has 1 amide bonds. The standard InChI is InChI=1S/C16H11Cl2NO2S2/c1-2-19-15(20)13(23-16(19)22)8-9-6-7-12(21-9)10-4-3-5-11(17)14(10)18/h3-8H,2H2,1H3. The number of benzene rings is 1. The average Bonchev–Trinajstić information content (AvgIpc) is 3.08. The Morgan fingerprint density at radius 1 is 1.30 bits per heavy atom. The molecule has 0 saturated carbocycles. The first-order valence-electron chi connectivity index (χ1n) is 6.81. The van der Waals surface area contributed by atoms with Crippen molar-refractivity contribution in [2.75, 3.05) is 6.54 Å². The largest absolute Gasteiger partial charge is 0.457 e. The lowest BCUT2D eigenvalue weighted by Crippen LogP contribution is -2.27. The molecule has 1 aromatic heterocycles. The molecule has 0 spiro atoms. The van der Waals surface area contributed by atoms with Gasteiger partial charge in [0.05, 0.1) is 15.0 Å². The summed E-state index contributed by atoms with van der Waals surface area (Å²) >= 11 is 18.7. The van der Waals surface area contributed by atoms with Gasteiger partial charge < -0.3 is 4.42 Å². The maximum absolute atomic E-state index is 12.2. The lowest BCUT2D eigenvalue weighted by Gasteiger charge is -2.09. The molecule has 118 valence electrons. The Morgan fingerprint density at radius 3 is 2.78 bits per heavy atom. The number of thioether (sulfide) groups is 1. The van der Waals surface area contributed by atoms with Crippen LogP contribution in [0.25, 0.3) is 17.4 Å². The number of carbonyl (C=O) groups is 1. The molecule has 1 aromatic carbocycles. The monoisotopic (exact) mass is 383 g/mol. The Bertz CT molecular complexity index is 829. The number of nitrogens with zero attached hydrogens (tertiary/aromatic N) is 1. The molecule has 2 aromatic rings. The van der Waals surface area contributed by atoms with Gasteiger partial charge in [0.1, 0.15) is 15.8 Å². The van der Waals surface area contributed by atoms with Gasteiger partial charge in [-0.05, 0) is 31.2 Å². The molecule has 1 fully saturated rings. The molecule has 0 aliphatic carbocycles. The van der Waals surface area contributed by atoms with E-state index in [9.17, 15) is 4.79 Å². The SMILES string of the molecule is CCN1C(=O)C(=Cc2ccc(-c3cccc(Cl)c3Cl)o2)SC1=S. The summed E-state index contributed by atoms with van der Waals surface area (Å²) in [5.41, 5.74) is 0.708. The second-order valence-electron chi connectivity index (χ2n) is 4.73. The number of amides is 1. The van der Waals surface area contributed by atoms with Crippen LogP contribution in [0.2, 0.25) is 10.0 Å².